The number of esters is 1. The van der Waals surface area contributed by atoms with E-state index in [9.17, 15) is 9.59 Å². The Bertz CT molecular complexity index is 988. The zero-order valence-electron chi connectivity index (χ0n) is 23.3. The van der Waals surface area contributed by atoms with E-state index in [2.05, 4.69) is 24.4 Å². The summed E-state index contributed by atoms with van der Waals surface area (Å²) >= 11 is 0. The van der Waals surface area contributed by atoms with Gasteiger partial charge in [-0.05, 0) is 60.9 Å². The van der Waals surface area contributed by atoms with Gasteiger partial charge in [-0.1, -0.05) is 71.6 Å². The Kier molecular flexibility index (Phi) is 15.3. The molecule has 2 aromatic carbocycles. The van der Waals surface area contributed by atoms with Crippen LogP contribution in [0.4, 0.5) is 0 Å². The Balaban J connectivity index is 1.75. The lowest BCUT2D eigenvalue weighted by Gasteiger charge is -2.10. The van der Waals surface area contributed by atoms with Crippen LogP contribution in [0.3, 0.4) is 0 Å². The fraction of sp³-hybridized carbons (Fsp3) is 0.516. The van der Waals surface area contributed by atoms with Crippen molar-refractivity contribution in [3.05, 3.63) is 53.6 Å². The van der Waals surface area contributed by atoms with Crippen molar-refractivity contribution in [1.82, 2.24) is 5.43 Å². The highest BCUT2D eigenvalue weighted by Gasteiger charge is 2.13. The van der Waals surface area contributed by atoms with Crippen LogP contribution >= 0.6 is 0 Å². The zero-order chi connectivity index (χ0) is 27.4. The van der Waals surface area contributed by atoms with E-state index in [1.165, 1.54) is 52.1 Å². The molecule has 1 N–H and O–H groups in total. The Morgan fingerprint density at radius 1 is 0.816 bits per heavy atom. The van der Waals surface area contributed by atoms with E-state index in [0.29, 0.717) is 35.7 Å². The van der Waals surface area contributed by atoms with Gasteiger partial charge in [0.2, 0.25) is 5.91 Å². The summed E-state index contributed by atoms with van der Waals surface area (Å²) in [5, 5.41) is 4.05. The van der Waals surface area contributed by atoms with E-state index < -0.39 is 5.97 Å². The normalized spacial score (nSPS) is 10.9. The maximum Gasteiger partial charge on any atom is 0.343 e. The van der Waals surface area contributed by atoms with Crippen LogP contribution in [-0.4, -0.2) is 31.8 Å². The largest absolute Gasteiger partial charge is 0.494 e. The van der Waals surface area contributed by atoms with E-state index in [1.54, 1.807) is 48.7 Å². The summed E-state index contributed by atoms with van der Waals surface area (Å²) in [7, 11) is 1.50. The van der Waals surface area contributed by atoms with Gasteiger partial charge in [0, 0.05) is 6.42 Å². The van der Waals surface area contributed by atoms with Gasteiger partial charge >= 0.3 is 5.97 Å². The van der Waals surface area contributed by atoms with E-state index in [-0.39, 0.29) is 5.91 Å². The fourth-order valence-electron chi connectivity index (χ4n) is 3.86. The third kappa shape index (κ3) is 12.3. The van der Waals surface area contributed by atoms with Gasteiger partial charge < -0.3 is 14.2 Å². The molecule has 0 spiro atoms. The number of nitrogens with one attached hydrogen (secondary N) is 1. The SMILES string of the molecule is CCCCCCCCCCCC(=O)N/N=C\c1ccc(OC(=O)c2ccc(OCCCC)cc2)c(OC)c1. The van der Waals surface area contributed by atoms with Crippen molar-refractivity contribution in [2.24, 2.45) is 5.10 Å². The molecule has 0 saturated carbocycles. The van der Waals surface area contributed by atoms with Crippen molar-refractivity contribution < 1.29 is 23.8 Å². The van der Waals surface area contributed by atoms with Crippen molar-refractivity contribution in [2.45, 2.75) is 90.9 Å². The van der Waals surface area contributed by atoms with Gasteiger partial charge in [-0.15, -0.1) is 0 Å². The number of methoxy groups -OCH3 is 1. The van der Waals surface area contributed by atoms with Gasteiger partial charge in [0.15, 0.2) is 11.5 Å². The molecular weight excluding hydrogens is 480 g/mol. The molecule has 0 bridgehead atoms. The molecule has 38 heavy (non-hydrogen) atoms. The number of benzene rings is 2. The van der Waals surface area contributed by atoms with Crippen molar-refractivity contribution in [2.75, 3.05) is 13.7 Å². The molecule has 7 nitrogen and oxygen atoms in total. The van der Waals surface area contributed by atoms with Gasteiger partial charge in [-0.3, -0.25) is 4.79 Å². The Hall–Kier alpha value is -3.35. The number of nitrogens with zero attached hydrogens (tertiary/aromatic N) is 1. The highest BCUT2D eigenvalue weighted by molar-refractivity contribution is 5.91. The van der Waals surface area contributed by atoms with E-state index in [4.69, 9.17) is 14.2 Å². The molecule has 0 heterocycles. The lowest BCUT2D eigenvalue weighted by atomic mass is 10.1. The molecular formula is C31H44N2O5. The topological polar surface area (TPSA) is 86.2 Å². The molecule has 208 valence electrons. The predicted octanol–water partition coefficient (Wildman–Crippen LogP) is 7.46. The third-order valence-corrected chi connectivity index (χ3v) is 6.16. The first-order chi connectivity index (χ1) is 18.6. The molecule has 0 atom stereocenters. The average Bonchev–Trinajstić information content (AvgIpc) is 2.93. The van der Waals surface area contributed by atoms with Crippen LogP contribution in [0.5, 0.6) is 17.2 Å². The van der Waals surface area contributed by atoms with Gasteiger partial charge in [-0.25, -0.2) is 10.2 Å². The summed E-state index contributed by atoms with van der Waals surface area (Å²) in [5.74, 6) is 0.823. The average molecular weight is 525 g/mol. The molecule has 0 saturated heterocycles. The maximum absolute atomic E-state index is 12.6. The lowest BCUT2D eigenvalue weighted by Crippen LogP contribution is -2.16. The molecule has 0 aromatic heterocycles. The number of hydrogen-bond donors (Lipinski definition) is 1. The number of amides is 1. The number of carbonyl (C=O) groups is 2. The molecule has 0 fully saturated rings. The Morgan fingerprint density at radius 3 is 2.13 bits per heavy atom. The number of unbranched alkanes of at least 4 members (excludes halogenated alkanes) is 9. The number of hydrazone groups is 1. The predicted molar refractivity (Wildman–Crippen MR) is 152 cm³/mol. The number of ether oxygens (including phenoxy) is 3. The smallest absolute Gasteiger partial charge is 0.343 e. The highest BCUT2D eigenvalue weighted by Crippen LogP contribution is 2.28. The molecule has 2 rings (SSSR count). The number of hydrogen-bond acceptors (Lipinski definition) is 6. The Morgan fingerprint density at radius 2 is 1.47 bits per heavy atom. The lowest BCUT2D eigenvalue weighted by molar-refractivity contribution is -0.121. The molecule has 2 aromatic rings. The van der Waals surface area contributed by atoms with Crippen LogP contribution in [-0.2, 0) is 4.79 Å². The maximum atomic E-state index is 12.6. The molecule has 1 amide bonds. The van der Waals surface area contributed by atoms with Crippen LogP contribution in [0.1, 0.15) is 107 Å². The second-order valence-electron chi connectivity index (χ2n) is 9.40. The van der Waals surface area contributed by atoms with Crippen LogP contribution in [0.2, 0.25) is 0 Å². The highest BCUT2D eigenvalue weighted by atomic mass is 16.6. The number of rotatable bonds is 19. The minimum absolute atomic E-state index is 0.0940. The summed E-state index contributed by atoms with van der Waals surface area (Å²) in [6, 6.07) is 11.9. The minimum Gasteiger partial charge on any atom is -0.494 e. The second kappa shape index (κ2) is 18.8. The molecule has 0 radical (unpaired) electrons. The molecule has 0 aliphatic heterocycles. The fourth-order valence-corrected chi connectivity index (χ4v) is 3.86. The first-order valence-electron chi connectivity index (χ1n) is 14.0. The monoisotopic (exact) mass is 524 g/mol. The standard InChI is InChI=1S/C31H44N2O5/c1-4-6-8-9-10-11-12-13-14-15-30(34)33-32-24-25-16-21-28(29(23-25)36-3)38-31(35)26-17-19-27(20-18-26)37-22-7-5-2/h16-21,23-24H,4-15,22H2,1-3H3,(H,33,34)/b32-24-. The quantitative estimate of drug-likeness (QED) is 0.0677. The molecule has 0 aliphatic carbocycles. The summed E-state index contributed by atoms with van der Waals surface area (Å²) in [6.45, 7) is 4.98. The first-order valence-corrected chi connectivity index (χ1v) is 14.0. The van der Waals surface area contributed by atoms with Crippen LogP contribution < -0.4 is 19.6 Å². The van der Waals surface area contributed by atoms with Crippen molar-refractivity contribution in [1.29, 1.82) is 0 Å². The number of carbonyl (C=O) groups excluding carboxylic acids is 2. The van der Waals surface area contributed by atoms with E-state index in [0.717, 1.165) is 31.4 Å². The zero-order valence-corrected chi connectivity index (χ0v) is 23.3. The third-order valence-electron chi connectivity index (χ3n) is 6.16. The Labute approximate surface area is 228 Å². The van der Waals surface area contributed by atoms with Crippen LogP contribution in [0, 0.1) is 0 Å². The summed E-state index contributed by atoms with van der Waals surface area (Å²) in [5.41, 5.74) is 3.70. The minimum atomic E-state index is -0.492. The van der Waals surface area contributed by atoms with E-state index >= 15 is 0 Å². The van der Waals surface area contributed by atoms with Gasteiger partial charge in [-0.2, -0.15) is 5.10 Å². The van der Waals surface area contributed by atoms with Crippen molar-refractivity contribution >= 4 is 18.1 Å². The van der Waals surface area contributed by atoms with Crippen molar-refractivity contribution in [3.63, 3.8) is 0 Å². The molecule has 7 heteroatoms. The van der Waals surface area contributed by atoms with Crippen LogP contribution in [0.25, 0.3) is 0 Å². The van der Waals surface area contributed by atoms with Gasteiger partial charge in [0.25, 0.3) is 0 Å². The summed E-state index contributed by atoms with van der Waals surface area (Å²) in [6.07, 6.45) is 15.0. The van der Waals surface area contributed by atoms with Gasteiger partial charge in [0.1, 0.15) is 5.75 Å². The summed E-state index contributed by atoms with van der Waals surface area (Å²) < 4.78 is 16.6. The molecule has 0 aliphatic rings. The van der Waals surface area contributed by atoms with Gasteiger partial charge in [0.05, 0.1) is 25.5 Å². The van der Waals surface area contributed by atoms with E-state index in [1.807, 2.05) is 0 Å². The molecule has 0 unspecified atom stereocenters. The van der Waals surface area contributed by atoms with Crippen molar-refractivity contribution in [3.8, 4) is 17.2 Å². The summed E-state index contributed by atoms with van der Waals surface area (Å²) in [4.78, 5) is 24.6. The first kappa shape index (κ1) is 30.9. The second-order valence-corrected chi connectivity index (χ2v) is 9.40. The van der Waals surface area contributed by atoms with Crippen LogP contribution in [0.15, 0.2) is 47.6 Å².